The van der Waals surface area contributed by atoms with Crippen molar-refractivity contribution in [2.75, 3.05) is 18.1 Å². The van der Waals surface area contributed by atoms with Gasteiger partial charge in [0.05, 0.1) is 23.5 Å². The van der Waals surface area contributed by atoms with Gasteiger partial charge in [0.15, 0.2) is 5.13 Å². The van der Waals surface area contributed by atoms with Gasteiger partial charge in [-0.25, -0.2) is 4.98 Å². The summed E-state index contributed by atoms with van der Waals surface area (Å²) in [5, 5.41) is 5.72. The topological polar surface area (TPSA) is 60.2 Å². The van der Waals surface area contributed by atoms with Crippen molar-refractivity contribution in [2.24, 2.45) is 0 Å². The molecule has 0 aliphatic rings. The van der Waals surface area contributed by atoms with Crippen LogP contribution in [0.3, 0.4) is 0 Å². The van der Waals surface area contributed by atoms with Crippen molar-refractivity contribution in [1.29, 1.82) is 0 Å². The van der Waals surface area contributed by atoms with E-state index in [-0.39, 0.29) is 5.91 Å². The lowest BCUT2D eigenvalue weighted by molar-refractivity contribution is 0.0985. The van der Waals surface area contributed by atoms with E-state index in [1.807, 2.05) is 74.0 Å². The third-order valence-electron chi connectivity index (χ3n) is 5.26. The van der Waals surface area contributed by atoms with Gasteiger partial charge in [-0.05, 0) is 63.2 Å². The van der Waals surface area contributed by atoms with Crippen molar-refractivity contribution in [3.8, 4) is 5.75 Å². The van der Waals surface area contributed by atoms with E-state index in [4.69, 9.17) is 9.72 Å². The van der Waals surface area contributed by atoms with Crippen molar-refractivity contribution in [1.82, 2.24) is 14.8 Å². The number of thiazole rings is 1. The summed E-state index contributed by atoms with van der Waals surface area (Å²) in [6.07, 6.45) is 0. The maximum absolute atomic E-state index is 13.7. The predicted molar refractivity (Wildman–Crippen MR) is 142 cm³/mol. The summed E-state index contributed by atoms with van der Waals surface area (Å²) in [6, 6.07) is 15.8. The van der Waals surface area contributed by atoms with Crippen LogP contribution in [0.15, 0.2) is 53.4 Å². The van der Waals surface area contributed by atoms with E-state index in [1.54, 1.807) is 16.7 Å². The van der Waals surface area contributed by atoms with Gasteiger partial charge in [-0.3, -0.25) is 14.4 Å². The minimum Gasteiger partial charge on any atom is -0.492 e. The number of para-hydroxylation sites is 1. The molecule has 0 aliphatic carbocycles. The number of amides is 1. The van der Waals surface area contributed by atoms with Gasteiger partial charge >= 0.3 is 0 Å². The summed E-state index contributed by atoms with van der Waals surface area (Å²) in [6.45, 7) is 11.9. The van der Waals surface area contributed by atoms with Gasteiger partial charge in [0.1, 0.15) is 11.3 Å². The lowest BCUT2D eigenvalue weighted by atomic mass is 10.2. The largest absolute Gasteiger partial charge is 0.492 e. The highest BCUT2D eigenvalue weighted by atomic mass is 32.2. The molecule has 2 heterocycles. The normalized spacial score (nSPS) is 11.4. The zero-order chi connectivity index (χ0) is 24.2. The van der Waals surface area contributed by atoms with Gasteiger partial charge in [0.25, 0.3) is 5.91 Å². The van der Waals surface area contributed by atoms with Crippen LogP contribution in [0.1, 0.15) is 42.5 Å². The number of carbonyl (C=O) groups is 1. The second kappa shape index (κ2) is 10.6. The molecule has 0 aliphatic heterocycles. The van der Waals surface area contributed by atoms with Crippen LogP contribution in [-0.2, 0) is 6.54 Å². The molecular formula is C26H30N4O2S2. The molecule has 34 heavy (non-hydrogen) atoms. The van der Waals surface area contributed by atoms with Crippen molar-refractivity contribution < 1.29 is 9.53 Å². The molecule has 0 radical (unpaired) electrons. The zero-order valence-electron chi connectivity index (χ0n) is 20.2. The Labute approximate surface area is 209 Å². The third-order valence-corrected chi connectivity index (χ3v) is 7.32. The first-order valence-corrected chi connectivity index (χ1v) is 13.2. The van der Waals surface area contributed by atoms with Gasteiger partial charge in [-0.2, -0.15) is 5.10 Å². The fourth-order valence-electron chi connectivity index (χ4n) is 3.78. The van der Waals surface area contributed by atoms with E-state index in [2.05, 4.69) is 18.9 Å². The molecule has 4 aromatic rings. The van der Waals surface area contributed by atoms with Crippen LogP contribution in [0, 0.1) is 13.8 Å². The highest BCUT2D eigenvalue weighted by Gasteiger charge is 2.23. The Balaban J connectivity index is 1.68. The Bertz CT molecular complexity index is 1280. The minimum absolute atomic E-state index is 0.0698. The van der Waals surface area contributed by atoms with Crippen LogP contribution >= 0.6 is 23.1 Å². The number of nitrogens with zero attached hydrogens (tertiary/aromatic N) is 4. The van der Waals surface area contributed by atoms with Crippen LogP contribution in [0.4, 0.5) is 5.13 Å². The van der Waals surface area contributed by atoms with Gasteiger partial charge < -0.3 is 4.74 Å². The lowest BCUT2D eigenvalue weighted by Crippen LogP contribution is -2.34. The summed E-state index contributed by atoms with van der Waals surface area (Å²) in [4.78, 5) is 21.5. The fourth-order valence-corrected chi connectivity index (χ4v) is 5.63. The quantitative estimate of drug-likeness (QED) is 0.254. The maximum Gasteiger partial charge on any atom is 0.260 e. The first-order valence-electron chi connectivity index (χ1n) is 11.5. The van der Waals surface area contributed by atoms with E-state index in [1.165, 1.54) is 11.3 Å². The molecule has 0 saturated heterocycles. The van der Waals surface area contributed by atoms with Crippen molar-refractivity contribution in [3.63, 3.8) is 0 Å². The molecule has 0 N–H and O–H groups in total. The SMILES string of the molecule is CCOc1cccc2sc(N(CCn3nc(C)cc3C)C(=O)c3ccc(SC(C)C)cc3)nc12. The molecule has 4 rings (SSSR count). The number of rotatable bonds is 9. The number of hydrogen-bond acceptors (Lipinski definition) is 6. The van der Waals surface area contributed by atoms with Crippen molar-refractivity contribution in [2.45, 2.75) is 51.3 Å². The first kappa shape index (κ1) is 24.3. The number of hydrogen-bond donors (Lipinski definition) is 0. The van der Waals surface area contributed by atoms with Crippen molar-refractivity contribution >= 4 is 44.4 Å². The van der Waals surface area contributed by atoms with E-state index in [0.717, 1.165) is 32.2 Å². The second-order valence-corrected chi connectivity index (χ2v) is 11.0. The molecule has 178 valence electrons. The second-order valence-electron chi connectivity index (χ2n) is 8.33. The van der Waals surface area contributed by atoms with Gasteiger partial charge in [-0.15, -0.1) is 11.8 Å². The number of aryl methyl sites for hydroxylation is 2. The highest BCUT2D eigenvalue weighted by molar-refractivity contribution is 7.99. The number of carbonyl (C=O) groups excluding carboxylic acids is 1. The molecule has 0 spiro atoms. The van der Waals surface area contributed by atoms with Gasteiger partial charge in [0.2, 0.25) is 0 Å². The van der Waals surface area contributed by atoms with Gasteiger partial charge in [-0.1, -0.05) is 31.3 Å². The molecule has 2 aromatic heterocycles. The summed E-state index contributed by atoms with van der Waals surface area (Å²) in [7, 11) is 0. The van der Waals surface area contributed by atoms with Crippen LogP contribution in [0.5, 0.6) is 5.75 Å². The summed E-state index contributed by atoms with van der Waals surface area (Å²) in [5.41, 5.74) is 3.47. The van der Waals surface area contributed by atoms with E-state index < -0.39 is 0 Å². The Hall–Kier alpha value is -2.84. The van der Waals surface area contributed by atoms with Gasteiger partial charge in [0, 0.05) is 27.9 Å². The molecule has 1 amide bonds. The Morgan fingerprint density at radius 1 is 1.18 bits per heavy atom. The third kappa shape index (κ3) is 5.45. The van der Waals surface area contributed by atoms with Crippen LogP contribution in [-0.4, -0.2) is 39.1 Å². The molecule has 6 nitrogen and oxygen atoms in total. The Morgan fingerprint density at radius 3 is 2.59 bits per heavy atom. The van der Waals surface area contributed by atoms with E-state index >= 15 is 0 Å². The Morgan fingerprint density at radius 2 is 1.94 bits per heavy atom. The summed E-state index contributed by atoms with van der Waals surface area (Å²) >= 11 is 3.29. The fraction of sp³-hybridized carbons (Fsp3) is 0.346. The molecule has 2 aromatic carbocycles. The Kier molecular flexibility index (Phi) is 7.58. The number of ether oxygens (including phenoxy) is 1. The first-order chi connectivity index (χ1) is 16.4. The molecular weight excluding hydrogens is 464 g/mol. The van der Waals surface area contributed by atoms with Crippen molar-refractivity contribution in [3.05, 3.63) is 65.5 Å². The summed E-state index contributed by atoms with van der Waals surface area (Å²) < 4.78 is 8.71. The predicted octanol–water partition coefficient (Wildman–Crippen LogP) is 6.36. The van der Waals surface area contributed by atoms with Crippen LogP contribution < -0.4 is 9.64 Å². The van der Waals surface area contributed by atoms with E-state index in [9.17, 15) is 4.79 Å². The standard InChI is InChI=1S/C26H30N4O2S2/c1-6-32-22-8-7-9-23-24(22)27-26(34-23)29(14-15-30-19(5)16-18(4)28-30)25(31)20-10-12-21(13-11-20)33-17(2)3/h7-13,16-17H,6,14-15H2,1-5H3. The van der Waals surface area contributed by atoms with Crippen LogP contribution in [0.2, 0.25) is 0 Å². The minimum atomic E-state index is -0.0698. The molecule has 0 bridgehead atoms. The highest BCUT2D eigenvalue weighted by Crippen LogP contribution is 2.35. The maximum atomic E-state index is 13.7. The zero-order valence-corrected chi connectivity index (χ0v) is 21.9. The average molecular weight is 495 g/mol. The number of thioether (sulfide) groups is 1. The molecule has 0 unspecified atom stereocenters. The molecule has 0 atom stereocenters. The van der Waals surface area contributed by atoms with Crippen LogP contribution in [0.25, 0.3) is 10.2 Å². The molecule has 0 saturated carbocycles. The number of aromatic nitrogens is 3. The monoisotopic (exact) mass is 494 g/mol. The number of fused-ring (bicyclic) bond motifs is 1. The average Bonchev–Trinajstić information content (AvgIpc) is 3.37. The number of anilines is 1. The smallest absolute Gasteiger partial charge is 0.260 e. The number of benzene rings is 2. The van der Waals surface area contributed by atoms with E-state index in [0.29, 0.717) is 35.6 Å². The molecule has 8 heteroatoms. The molecule has 0 fully saturated rings. The lowest BCUT2D eigenvalue weighted by Gasteiger charge is -2.20. The summed E-state index contributed by atoms with van der Waals surface area (Å²) in [5.74, 6) is 0.670.